The molecular weight excluding hydrogens is 458 g/mol. The second-order valence-corrected chi connectivity index (χ2v) is 10.6. The van der Waals surface area contributed by atoms with E-state index in [9.17, 15) is 14.9 Å². The smallest absolute Gasteiger partial charge is 0.278 e. The highest BCUT2D eigenvalue weighted by atomic mass is 32.1. The Hall–Kier alpha value is -3.45. The molecule has 35 heavy (non-hydrogen) atoms. The molecule has 1 aliphatic rings. The summed E-state index contributed by atoms with van der Waals surface area (Å²) in [7, 11) is 0. The van der Waals surface area contributed by atoms with Crippen molar-refractivity contribution in [3.8, 4) is 21.7 Å². The highest BCUT2D eigenvalue weighted by Crippen LogP contribution is 2.44. The van der Waals surface area contributed by atoms with Crippen LogP contribution >= 0.6 is 11.3 Å². The number of Topliss-reactive ketones (excluding diaryl/α,β-unsaturated/α-hetero) is 1. The third-order valence-electron chi connectivity index (χ3n) is 6.91. The maximum atomic E-state index is 12.2. The number of nitro benzene ring substituents is 1. The lowest BCUT2D eigenvalue weighted by Gasteiger charge is -2.25. The first-order valence-corrected chi connectivity index (χ1v) is 12.8. The summed E-state index contributed by atoms with van der Waals surface area (Å²) in [4.78, 5) is 34.5. The summed E-state index contributed by atoms with van der Waals surface area (Å²) in [6.07, 6.45) is 5.35. The summed E-state index contributed by atoms with van der Waals surface area (Å²) in [5, 5.41) is 14.1. The van der Waals surface area contributed by atoms with Crippen LogP contribution in [-0.4, -0.2) is 20.7 Å². The van der Waals surface area contributed by atoms with Crippen molar-refractivity contribution in [3.63, 3.8) is 0 Å². The first kappa shape index (κ1) is 23.3. The maximum Gasteiger partial charge on any atom is 0.278 e. The van der Waals surface area contributed by atoms with Crippen LogP contribution in [0.15, 0.2) is 42.5 Å². The quantitative estimate of drug-likeness (QED) is 0.163. The molecule has 5 rings (SSSR count). The first-order valence-electron chi connectivity index (χ1n) is 12.0. The fourth-order valence-corrected chi connectivity index (χ4v) is 6.11. The zero-order valence-corrected chi connectivity index (χ0v) is 20.9. The van der Waals surface area contributed by atoms with E-state index in [1.165, 1.54) is 19.4 Å². The number of hydrogen-bond donors (Lipinski definition) is 0. The van der Waals surface area contributed by atoms with Gasteiger partial charge in [-0.25, -0.2) is 9.97 Å². The molecule has 0 bridgehead atoms. The predicted molar refractivity (Wildman–Crippen MR) is 140 cm³/mol. The average Bonchev–Trinajstić information content (AvgIpc) is 3.20. The molecule has 0 radical (unpaired) electrons. The molecule has 2 heterocycles. The Morgan fingerprint density at radius 1 is 1.03 bits per heavy atom. The monoisotopic (exact) mass is 485 g/mol. The van der Waals surface area contributed by atoms with Gasteiger partial charge in [0, 0.05) is 17.0 Å². The Labute approximate surface area is 208 Å². The molecule has 2 aromatic heterocycles. The Balaban J connectivity index is 1.67. The molecule has 178 valence electrons. The van der Waals surface area contributed by atoms with Crippen LogP contribution in [-0.2, 0) is 0 Å². The lowest BCUT2D eigenvalue weighted by molar-refractivity contribution is -0.384. The van der Waals surface area contributed by atoms with Gasteiger partial charge in [0.1, 0.15) is 0 Å². The van der Waals surface area contributed by atoms with Crippen LogP contribution < -0.4 is 0 Å². The topological polar surface area (TPSA) is 86.0 Å². The van der Waals surface area contributed by atoms with E-state index < -0.39 is 0 Å². The van der Waals surface area contributed by atoms with Crippen LogP contribution in [0.5, 0.6) is 0 Å². The zero-order valence-electron chi connectivity index (χ0n) is 20.1. The third-order valence-corrected chi connectivity index (χ3v) is 8.01. The predicted octanol–water partition coefficient (Wildman–Crippen LogP) is 7.80. The van der Waals surface area contributed by atoms with Gasteiger partial charge in [0.2, 0.25) is 0 Å². The second-order valence-electron chi connectivity index (χ2n) is 9.36. The molecule has 0 saturated heterocycles. The van der Waals surface area contributed by atoms with Crippen molar-refractivity contribution >= 4 is 33.7 Å². The molecule has 0 amide bonds. The second kappa shape index (κ2) is 9.30. The zero-order chi connectivity index (χ0) is 24.7. The van der Waals surface area contributed by atoms with Crippen molar-refractivity contribution < 1.29 is 9.72 Å². The van der Waals surface area contributed by atoms with Crippen LogP contribution in [0.25, 0.3) is 32.6 Å². The van der Waals surface area contributed by atoms with Crippen molar-refractivity contribution in [2.24, 2.45) is 0 Å². The van der Waals surface area contributed by atoms with Crippen molar-refractivity contribution in [1.29, 1.82) is 0 Å². The molecular formula is C28H27N3O3S. The molecule has 0 N–H and O–H groups in total. The number of nitro groups is 1. The Morgan fingerprint density at radius 3 is 2.46 bits per heavy atom. The minimum atomic E-state index is -0.353. The van der Waals surface area contributed by atoms with Gasteiger partial charge in [-0.05, 0) is 74.9 Å². The summed E-state index contributed by atoms with van der Waals surface area (Å²) in [6, 6.07) is 13.2. The molecule has 1 fully saturated rings. The van der Waals surface area contributed by atoms with Gasteiger partial charge in [0.15, 0.2) is 5.78 Å². The molecule has 4 aromatic rings. The molecule has 7 heteroatoms. The van der Waals surface area contributed by atoms with E-state index in [1.54, 1.807) is 11.3 Å². The minimum Gasteiger partial charge on any atom is -0.295 e. The van der Waals surface area contributed by atoms with E-state index in [2.05, 4.69) is 4.98 Å². The lowest BCUT2D eigenvalue weighted by atomic mass is 9.79. The van der Waals surface area contributed by atoms with Gasteiger partial charge < -0.3 is 0 Å². The number of hydrogen-bond acceptors (Lipinski definition) is 6. The molecule has 0 unspecified atom stereocenters. The van der Waals surface area contributed by atoms with Crippen LogP contribution in [0.2, 0.25) is 0 Å². The Kier molecular flexibility index (Phi) is 6.19. The number of benzene rings is 2. The fraction of sp³-hybridized carbons (Fsp3) is 0.321. The van der Waals surface area contributed by atoms with E-state index in [-0.39, 0.29) is 22.3 Å². The van der Waals surface area contributed by atoms with Crippen LogP contribution in [0.4, 0.5) is 5.69 Å². The number of aryl methyl sites for hydroxylation is 2. The van der Waals surface area contributed by atoms with E-state index in [0.717, 1.165) is 69.0 Å². The molecule has 1 saturated carbocycles. The highest BCUT2D eigenvalue weighted by Gasteiger charge is 2.28. The number of fused-ring (bicyclic) bond motifs is 1. The van der Waals surface area contributed by atoms with E-state index in [4.69, 9.17) is 4.98 Å². The van der Waals surface area contributed by atoms with Gasteiger partial charge in [-0.1, -0.05) is 31.4 Å². The van der Waals surface area contributed by atoms with E-state index in [1.807, 2.05) is 50.2 Å². The number of ketones is 1. The number of thiazole rings is 1. The third kappa shape index (κ3) is 4.48. The summed E-state index contributed by atoms with van der Waals surface area (Å²) >= 11 is 1.63. The molecule has 2 aromatic carbocycles. The van der Waals surface area contributed by atoms with Crippen LogP contribution in [0.1, 0.15) is 71.6 Å². The number of pyridine rings is 1. The number of carbonyl (C=O) groups is 1. The lowest BCUT2D eigenvalue weighted by Crippen LogP contribution is -2.09. The van der Waals surface area contributed by atoms with Crippen LogP contribution in [0, 0.1) is 24.0 Å². The van der Waals surface area contributed by atoms with Gasteiger partial charge in [-0.2, -0.15) is 0 Å². The molecule has 0 spiro atoms. The van der Waals surface area contributed by atoms with Gasteiger partial charge in [-0.15, -0.1) is 11.3 Å². The maximum absolute atomic E-state index is 12.2. The minimum absolute atomic E-state index is 0.00189. The summed E-state index contributed by atoms with van der Waals surface area (Å²) < 4.78 is 0. The average molecular weight is 486 g/mol. The number of carbonyl (C=O) groups excluding carboxylic acids is 1. The normalized spacial score (nSPS) is 14.4. The van der Waals surface area contributed by atoms with Crippen molar-refractivity contribution in [2.45, 2.75) is 58.8 Å². The standard InChI is InChI=1S/C28H27N3O3S/c1-16-28(35-18(3)29-16)25-12-9-20-13-21(10-11-24(20)30-25)27-23(19-7-5-4-6-8-19)14-22(17(2)32)15-26(27)31(33)34/h9-15,19H,4-8H2,1-3H3. The summed E-state index contributed by atoms with van der Waals surface area (Å²) in [5.74, 6) is 0.0611. The highest BCUT2D eigenvalue weighted by molar-refractivity contribution is 7.15. The molecule has 0 aliphatic heterocycles. The number of rotatable bonds is 5. The van der Waals surface area contributed by atoms with Gasteiger partial charge >= 0.3 is 0 Å². The van der Waals surface area contributed by atoms with Crippen molar-refractivity contribution in [1.82, 2.24) is 9.97 Å². The number of nitrogens with zero attached hydrogens (tertiary/aromatic N) is 3. The largest absolute Gasteiger partial charge is 0.295 e. The van der Waals surface area contributed by atoms with Crippen molar-refractivity contribution in [3.05, 3.63) is 74.4 Å². The summed E-state index contributed by atoms with van der Waals surface area (Å²) in [6.45, 7) is 5.45. The van der Waals surface area contributed by atoms with Crippen LogP contribution in [0.3, 0.4) is 0 Å². The van der Waals surface area contributed by atoms with Gasteiger partial charge in [0.25, 0.3) is 5.69 Å². The number of aromatic nitrogens is 2. The van der Waals surface area contributed by atoms with Gasteiger partial charge in [-0.3, -0.25) is 14.9 Å². The van der Waals surface area contributed by atoms with Crippen molar-refractivity contribution in [2.75, 3.05) is 0 Å². The van der Waals surface area contributed by atoms with E-state index >= 15 is 0 Å². The molecule has 0 atom stereocenters. The molecule has 1 aliphatic carbocycles. The Bertz CT molecular complexity index is 1470. The fourth-order valence-electron chi connectivity index (χ4n) is 5.22. The molecule has 6 nitrogen and oxygen atoms in total. The Morgan fingerprint density at radius 2 is 1.80 bits per heavy atom. The summed E-state index contributed by atoms with van der Waals surface area (Å²) in [5.41, 5.74) is 5.43. The first-order chi connectivity index (χ1) is 16.8. The SMILES string of the molecule is CC(=O)c1cc(C2CCCCC2)c(-c2ccc3nc(-c4sc(C)nc4C)ccc3c2)c([N+](=O)[O-])c1. The van der Waals surface area contributed by atoms with E-state index in [0.29, 0.717) is 11.1 Å². The van der Waals surface area contributed by atoms with Gasteiger partial charge in [0.05, 0.1) is 37.3 Å².